The van der Waals surface area contributed by atoms with Crippen molar-refractivity contribution in [3.8, 4) is 33.4 Å². The lowest BCUT2D eigenvalue weighted by Crippen LogP contribution is -2.10. The Bertz CT molecular complexity index is 3460. The minimum absolute atomic E-state index is 0.868. The minimum Gasteiger partial charge on any atom is -0.456 e. The van der Waals surface area contributed by atoms with Gasteiger partial charge in [-0.25, -0.2) is 0 Å². The van der Waals surface area contributed by atoms with E-state index in [4.69, 9.17) is 8.83 Å². The fourth-order valence-electron chi connectivity index (χ4n) is 9.07. The highest BCUT2D eigenvalue weighted by Gasteiger charge is 2.19. The van der Waals surface area contributed by atoms with Gasteiger partial charge in [-0.2, -0.15) is 0 Å². The maximum atomic E-state index is 6.23. The second-order valence-corrected chi connectivity index (χ2v) is 16.1. The van der Waals surface area contributed by atoms with Gasteiger partial charge in [0.2, 0.25) is 0 Å². The molecule has 0 saturated heterocycles. The molecule has 302 valence electrons. The molecule has 2 heterocycles. The third kappa shape index (κ3) is 6.75. The van der Waals surface area contributed by atoms with Crippen molar-refractivity contribution in [2.45, 2.75) is 0 Å². The summed E-state index contributed by atoms with van der Waals surface area (Å²) in [6.07, 6.45) is 0. The van der Waals surface area contributed by atoms with Gasteiger partial charge in [0.15, 0.2) is 0 Å². The summed E-state index contributed by atoms with van der Waals surface area (Å²) in [6.45, 7) is 0. The topological polar surface area (TPSA) is 32.8 Å². The molecule has 0 saturated carbocycles. The molecule has 64 heavy (non-hydrogen) atoms. The summed E-state index contributed by atoms with van der Waals surface area (Å²) in [6, 6.07) is 85.9. The Morgan fingerprint density at radius 3 is 0.906 bits per heavy atom. The van der Waals surface area contributed by atoms with E-state index < -0.39 is 0 Å². The number of hydrogen-bond acceptors (Lipinski definition) is 4. The molecule has 12 aromatic rings. The van der Waals surface area contributed by atoms with E-state index in [-0.39, 0.29) is 0 Å². The van der Waals surface area contributed by atoms with Gasteiger partial charge < -0.3 is 18.6 Å². The molecule has 0 amide bonds. The summed E-state index contributed by atoms with van der Waals surface area (Å²) in [4.78, 5) is 4.63. The van der Waals surface area contributed by atoms with E-state index in [0.717, 1.165) is 89.1 Å². The first kappa shape index (κ1) is 37.2. The Kier molecular flexibility index (Phi) is 9.12. The van der Waals surface area contributed by atoms with E-state index in [1.54, 1.807) is 0 Å². The summed E-state index contributed by atoms with van der Waals surface area (Å²) in [7, 11) is 0. The van der Waals surface area contributed by atoms with Gasteiger partial charge in [0.1, 0.15) is 22.3 Å². The van der Waals surface area contributed by atoms with Crippen LogP contribution in [0, 0.1) is 0 Å². The Balaban J connectivity index is 0.867. The van der Waals surface area contributed by atoms with Crippen LogP contribution in [0.3, 0.4) is 0 Å². The average Bonchev–Trinajstić information content (AvgIpc) is 3.93. The number of benzene rings is 10. The molecule has 0 radical (unpaired) electrons. The first-order valence-electron chi connectivity index (χ1n) is 21.6. The average molecular weight is 821 g/mol. The second-order valence-electron chi connectivity index (χ2n) is 16.1. The van der Waals surface area contributed by atoms with Crippen LogP contribution in [0.5, 0.6) is 0 Å². The van der Waals surface area contributed by atoms with E-state index >= 15 is 0 Å². The zero-order valence-corrected chi connectivity index (χ0v) is 34.8. The van der Waals surface area contributed by atoms with Crippen molar-refractivity contribution < 1.29 is 8.83 Å². The third-order valence-electron chi connectivity index (χ3n) is 12.3. The highest BCUT2D eigenvalue weighted by Crippen LogP contribution is 2.42. The zero-order valence-electron chi connectivity index (χ0n) is 34.8. The van der Waals surface area contributed by atoms with Gasteiger partial charge in [-0.1, -0.05) is 146 Å². The maximum absolute atomic E-state index is 6.23. The zero-order chi connectivity index (χ0) is 42.4. The largest absolute Gasteiger partial charge is 0.456 e. The molecule has 0 aliphatic carbocycles. The minimum atomic E-state index is 0.868. The maximum Gasteiger partial charge on any atom is 0.135 e. The molecule has 0 unspecified atom stereocenters. The standard InChI is InChI=1S/C60H40N2O2/c1-3-11-41(12-4-1)42-19-21-43(22-20-42)44-23-29-48(30-24-44)61(47-13-5-2-6-14-47)49-31-25-45(26-32-49)46-27-33-50(34-28-46)62(51-35-37-59-55(39-51)53-15-7-9-17-57(53)63-59)52-36-38-60-56(40-52)54-16-8-10-18-58(54)64-60/h1-40H. The number of para-hydroxylation sites is 3. The Morgan fingerprint density at radius 1 is 0.203 bits per heavy atom. The van der Waals surface area contributed by atoms with E-state index in [9.17, 15) is 0 Å². The van der Waals surface area contributed by atoms with Crippen LogP contribution in [0.25, 0.3) is 77.3 Å². The first-order valence-corrected chi connectivity index (χ1v) is 21.6. The molecule has 4 heteroatoms. The Labute approximate surface area is 371 Å². The Hall–Kier alpha value is -8.60. The van der Waals surface area contributed by atoms with Crippen molar-refractivity contribution in [3.05, 3.63) is 243 Å². The van der Waals surface area contributed by atoms with Crippen LogP contribution >= 0.6 is 0 Å². The molecule has 0 aliphatic rings. The fourth-order valence-corrected chi connectivity index (χ4v) is 9.07. The van der Waals surface area contributed by atoms with E-state index in [0.29, 0.717) is 0 Å². The smallest absolute Gasteiger partial charge is 0.135 e. The predicted octanol–water partition coefficient (Wildman–Crippen LogP) is 17.4. The van der Waals surface area contributed by atoms with Crippen LogP contribution in [0.15, 0.2) is 251 Å². The molecule has 12 rings (SSSR count). The molecule has 0 N–H and O–H groups in total. The molecule has 0 aliphatic heterocycles. The van der Waals surface area contributed by atoms with Gasteiger partial charge in [0, 0.05) is 55.7 Å². The van der Waals surface area contributed by atoms with Gasteiger partial charge >= 0.3 is 0 Å². The molecule has 0 atom stereocenters. The van der Waals surface area contributed by atoms with Crippen molar-refractivity contribution in [1.29, 1.82) is 0 Å². The molecule has 0 fully saturated rings. The van der Waals surface area contributed by atoms with Crippen LogP contribution in [0.4, 0.5) is 34.1 Å². The summed E-state index contributed by atoms with van der Waals surface area (Å²) >= 11 is 0. The monoisotopic (exact) mass is 820 g/mol. The molecular formula is C60H40N2O2. The van der Waals surface area contributed by atoms with Gasteiger partial charge in [0.25, 0.3) is 0 Å². The third-order valence-corrected chi connectivity index (χ3v) is 12.3. The highest BCUT2D eigenvalue weighted by atomic mass is 16.3. The van der Waals surface area contributed by atoms with Crippen molar-refractivity contribution in [2.24, 2.45) is 0 Å². The normalized spacial score (nSPS) is 11.4. The first-order chi connectivity index (χ1) is 31.7. The predicted molar refractivity (Wildman–Crippen MR) is 267 cm³/mol. The number of rotatable bonds is 9. The quantitative estimate of drug-likeness (QED) is 0.145. The molecular weight excluding hydrogens is 781 g/mol. The lowest BCUT2D eigenvalue weighted by molar-refractivity contribution is 0.668. The van der Waals surface area contributed by atoms with E-state index in [1.807, 2.05) is 24.3 Å². The fraction of sp³-hybridized carbons (Fsp3) is 0. The lowest BCUT2D eigenvalue weighted by atomic mass is 10.00. The molecule has 2 aromatic heterocycles. The SMILES string of the molecule is c1ccc(-c2ccc(-c3ccc(N(c4ccccc4)c4ccc(-c5ccc(N(c6ccc7oc8ccccc8c7c6)c6ccc7oc8ccccc8c7c6)cc5)cc4)cc3)cc2)cc1. The van der Waals surface area contributed by atoms with Crippen molar-refractivity contribution >= 4 is 78.0 Å². The van der Waals surface area contributed by atoms with Crippen molar-refractivity contribution in [3.63, 3.8) is 0 Å². The Morgan fingerprint density at radius 2 is 0.484 bits per heavy atom. The summed E-state index contributed by atoms with van der Waals surface area (Å²) in [5.74, 6) is 0. The van der Waals surface area contributed by atoms with Gasteiger partial charge in [-0.15, -0.1) is 0 Å². The second kappa shape index (κ2) is 15.7. The molecule has 4 nitrogen and oxygen atoms in total. The van der Waals surface area contributed by atoms with Crippen LogP contribution < -0.4 is 9.80 Å². The highest BCUT2D eigenvalue weighted by molar-refractivity contribution is 6.08. The van der Waals surface area contributed by atoms with Crippen LogP contribution in [0.2, 0.25) is 0 Å². The number of hydrogen-bond donors (Lipinski definition) is 0. The molecule has 0 bridgehead atoms. The summed E-state index contributed by atoms with van der Waals surface area (Å²) in [5.41, 5.74) is 17.0. The van der Waals surface area contributed by atoms with Crippen LogP contribution in [-0.4, -0.2) is 0 Å². The number of furan rings is 2. The van der Waals surface area contributed by atoms with Crippen LogP contribution in [0.1, 0.15) is 0 Å². The molecule has 0 spiro atoms. The number of anilines is 6. The van der Waals surface area contributed by atoms with Gasteiger partial charge in [-0.05, 0) is 130 Å². The van der Waals surface area contributed by atoms with E-state index in [2.05, 4.69) is 228 Å². The van der Waals surface area contributed by atoms with Gasteiger partial charge in [-0.3, -0.25) is 0 Å². The summed E-state index contributed by atoms with van der Waals surface area (Å²) in [5, 5.41) is 4.36. The van der Waals surface area contributed by atoms with Crippen molar-refractivity contribution in [1.82, 2.24) is 0 Å². The number of fused-ring (bicyclic) bond motifs is 6. The van der Waals surface area contributed by atoms with Crippen molar-refractivity contribution in [2.75, 3.05) is 9.80 Å². The van der Waals surface area contributed by atoms with Gasteiger partial charge in [0.05, 0.1) is 0 Å². The summed E-state index contributed by atoms with van der Waals surface area (Å²) < 4.78 is 12.5. The molecule has 10 aromatic carbocycles. The van der Waals surface area contributed by atoms with E-state index in [1.165, 1.54) is 22.3 Å². The van der Waals surface area contributed by atoms with Crippen LogP contribution in [-0.2, 0) is 0 Å². The lowest BCUT2D eigenvalue weighted by Gasteiger charge is -2.26. The number of nitrogens with zero attached hydrogens (tertiary/aromatic N) is 2.